The highest BCUT2D eigenvalue weighted by atomic mass is 16.5. The topological polar surface area (TPSA) is 55.8 Å². The molecule has 0 aliphatic carbocycles. The van der Waals surface area contributed by atoms with Crippen molar-refractivity contribution in [2.24, 2.45) is 0 Å². The van der Waals surface area contributed by atoms with Gasteiger partial charge in [-0.2, -0.15) is 0 Å². The van der Waals surface area contributed by atoms with E-state index >= 15 is 0 Å². The van der Waals surface area contributed by atoms with Crippen molar-refractivity contribution in [3.63, 3.8) is 0 Å². The minimum absolute atomic E-state index is 0.186. The quantitative estimate of drug-likeness (QED) is 0.558. The van der Waals surface area contributed by atoms with Gasteiger partial charge in [-0.15, -0.1) is 0 Å². The van der Waals surface area contributed by atoms with E-state index in [1.807, 2.05) is 68.4 Å². The van der Waals surface area contributed by atoms with E-state index in [2.05, 4.69) is 0 Å². The predicted molar refractivity (Wildman–Crippen MR) is 111 cm³/mol. The average Bonchev–Trinajstić information content (AvgIpc) is 2.73. The van der Waals surface area contributed by atoms with E-state index in [0.29, 0.717) is 29.2 Å². The average molecular weight is 378 g/mol. The summed E-state index contributed by atoms with van der Waals surface area (Å²) in [4.78, 5) is 11.5. The Labute approximate surface area is 166 Å². The third-order valence-electron chi connectivity index (χ3n) is 4.02. The van der Waals surface area contributed by atoms with Crippen LogP contribution in [-0.4, -0.2) is 11.1 Å². The number of ether oxygens (including phenoxy) is 2. The molecule has 0 heterocycles. The van der Waals surface area contributed by atoms with Gasteiger partial charge in [-0.25, -0.2) is 4.79 Å². The normalized spacial score (nSPS) is 9.82. The summed E-state index contributed by atoms with van der Waals surface area (Å²) in [7, 11) is 0. The first-order valence-corrected chi connectivity index (χ1v) is 9.35. The highest BCUT2D eigenvalue weighted by molar-refractivity contribution is 5.91. The molecule has 0 saturated heterocycles. The number of hydrogen-bond donors (Lipinski definition) is 1. The van der Waals surface area contributed by atoms with Gasteiger partial charge in [-0.1, -0.05) is 68.4 Å². The summed E-state index contributed by atoms with van der Waals surface area (Å²) in [5.41, 5.74) is 2.75. The summed E-state index contributed by atoms with van der Waals surface area (Å²) >= 11 is 0. The summed E-state index contributed by atoms with van der Waals surface area (Å²) < 4.78 is 11.6. The maximum atomic E-state index is 11.5. The standard InChI is InChI=1S/C22H20O4.C2H6/c1-16-7-5-10-18(21(16)22(23)24)15-26-20-12-6-11-19(13-20)25-14-17-8-3-2-4-9-17;1-2/h2-13H,14-15H2,1H3,(H,23,24);1-2H3. The molecule has 0 amide bonds. The minimum atomic E-state index is -0.943. The van der Waals surface area contributed by atoms with Crippen LogP contribution in [0.5, 0.6) is 11.5 Å². The maximum Gasteiger partial charge on any atom is 0.336 e. The van der Waals surface area contributed by atoms with Crippen LogP contribution in [0.2, 0.25) is 0 Å². The molecule has 0 aromatic heterocycles. The molecule has 146 valence electrons. The van der Waals surface area contributed by atoms with Crippen molar-refractivity contribution in [1.82, 2.24) is 0 Å². The number of aryl methyl sites for hydroxylation is 1. The molecule has 0 atom stereocenters. The number of carboxylic acid groups (broad SMARTS) is 1. The van der Waals surface area contributed by atoms with Gasteiger partial charge in [-0.3, -0.25) is 0 Å². The SMILES string of the molecule is CC.Cc1cccc(COc2cccc(OCc3ccccc3)c2)c1C(=O)O. The summed E-state index contributed by atoms with van der Waals surface area (Å²) in [5, 5.41) is 9.39. The van der Waals surface area contributed by atoms with Crippen molar-refractivity contribution in [1.29, 1.82) is 0 Å². The van der Waals surface area contributed by atoms with E-state index in [0.717, 1.165) is 11.1 Å². The second kappa shape index (κ2) is 10.8. The van der Waals surface area contributed by atoms with Crippen LogP contribution in [0, 0.1) is 6.92 Å². The summed E-state index contributed by atoms with van der Waals surface area (Å²) in [6.07, 6.45) is 0. The molecule has 4 heteroatoms. The third-order valence-corrected chi connectivity index (χ3v) is 4.02. The Hall–Kier alpha value is -3.27. The lowest BCUT2D eigenvalue weighted by molar-refractivity contribution is 0.0693. The number of carbonyl (C=O) groups is 1. The second-order valence-electron chi connectivity index (χ2n) is 5.95. The Kier molecular flexibility index (Phi) is 8.10. The monoisotopic (exact) mass is 378 g/mol. The van der Waals surface area contributed by atoms with Crippen molar-refractivity contribution in [3.05, 3.63) is 95.1 Å². The lowest BCUT2D eigenvalue weighted by Crippen LogP contribution is -2.07. The Bertz CT molecular complexity index is 888. The Morgan fingerprint density at radius 1 is 0.821 bits per heavy atom. The minimum Gasteiger partial charge on any atom is -0.489 e. The molecule has 4 nitrogen and oxygen atoms in total. The van der Waals surface area contributed by atoms with Crippen LogP contribution in [0.1, 0.15) is 40.9 Å². The molecular formula is C24H26O4. The van der Waals surface area contributed by atoms with Crippen LogP contribution < -0.4 is 9.47 Å². The predicted octanol–water partition coefficient (Wildman–Crippen LogP) is 5.88. The van der Waals surface area contributed by atoms with Gasteiger partial charge in [0.1, 0.15) is 24.7 Å². The molecule has 0 saturated carbocycles. The van der Waals surface area contributed by atoms with Crippen LogP contribution in [0.4, 0.5) is 0 Å². The number of hydrogen-bond acceptors (Lipinski definition) is 3. The van der Waals surface area contributed by atoms with E-state index in [9.17, 15) is 9.90 Å². The first-order chi connectivity index (χ1) is 13.6. The first-order valence-electron chi connectivity index (χ1n) is 9.35. The number of benzene rings is 3. The molecule has 0 spiro atoms. The molecule has 0 aliphatic rings. The second-order valence-corrected chi connectivity index (χ2v) is 5.95. The van der Waals surface area contributed by atoms with Gasteiger partial charge in [0.2, 0.25) is 0 Å². The van der Waals surface area contributed by atoms with Gasteiger partial charge in [0, 0.05) is 11.6 Å². The molecule has 3 aromatic carbocycles. The zero-order chi connectivity index (χ0) is 20.4. The molecule has 0 fully saturated rings. The lowest BCUT2D eigenvalue weighted by Gasteiger charge is -2.12. The van der Waals surface area contributed by atoms with Crippen LogP contribution >= 0.6 is 0 Å². The van der Waals surface area contributed by atoms with E-state index in [1.165, 1.54) is 0 Å². The molecule has 0 bridgehead atoms. The molecule has 3 aromatic rings. The molecule has 0 unspecified atom stereocenters. The molecule has 28 heavy (non-hydrogen) atoms. The highest BCUT2D eigenvalue weighted by Crippen LogP contribution is 2.23. The van der Waals surface area contributed by atoms with Crippen molar-refractivity contribution in [3.8, 4) is 11.5 Å². The fourth-order valence-electron chi connectivity index (χ4n) is 2.71. The van der Waals surface area contributed by atoms with Gasteiger partial charge in [0.25, 0.3) is 0 Å². The van der Waals surface area contributed by atoms with Crippen molar-refractivity contribution in [2.75, 3.05) is 0 Å². The van der Waals surface area contributed by atoms with E-state index in [4.69, 9.17) is 9.47 Å². The Morgan fingerprint density at radius 2 is 1.43 bits per heavy atom. The van der Waals surface area contributed by atoms with Crippen molar-refractivity contribution >= 4 is 5.97 Å². The Morgan fingerprint density at radius 3 is 2.07 bits per heavy atom. The fraction of sp³-hybridized carbons (Fsp3) is 0.208. The maximum absolute atomic E-state index is 11.5. The Balaban J connectivity index is 0.00000136. The smallest absolute Gasteiger partial charge is 0.336 e. The fourth-order valence-corrected chi connectivity index (χ4v) is 2.71. The van der Waals surface area contributed by atoms with Crippen LogP contribution in [0.25, 0.3) is 0 Å². The number of aromatic carboxylic acids is 1. The van der Waals surface area contributed by atoms with Crippen LogP contribution in [-0.2, 0) is 13.2 Å². The molecule has 0 aliphatic heterocycles. The van der Waals surface area contributed by atoms with Gasteiger partial charge < -0.3 is 14.6 Å². The van der Waals surface area contributed by atoms with Gasteiger partial charge in [0.15, 0.2) is 0 Å². The van der Waals surface area contributed by atoms with E-state index in [1.54, 1.807) is 25.1 Å². The van der Waals surface area contributed by atoms with Gasteiger partial charge in [-0.05, 0) is 30.2 Å². The molecule has 3 rings (SSSR count). The molecular weight excluding hydrogens is 352 g/mol. The molecule has 1 N–H and O–H groups in total. The largest absolute Gasteiger partial charge is 0.489 e. The number of rotatable bonds is 7. The summed E-state index contributed by atoms with van der Waals surface area (Å²) in [6, 6.07) is 22.7. The number of carboxylic acids is 1. The van der Waals surface area contributed by atoms with Crippen LogP contribution in [0.15, 0.2) is 72.8 Å². The third kappa shape index (κ3) is 5.88. The zero-order valence-electron chi connectivity index (χ0n) is 16.5. The molecule has 0 radical (unpaired) electrons. The van der Waals surface area contributed by atoms with Gasteiger partial charge in [0.05, 0.1) is 5.56 Å². The van der Waals surface area contributed by atoms with Gasteiger partial charge >= 0.3 is 5.97 Å². The first kappa shape index (κ1) is 21.0. The lowest BCUT2D eigenvalue weighted by atomic mass is 10.0. The van der Waals surface area contributed by atoms with E-state index < -0.39 is 5.97 Å². The van der Waals surface area contributed by atoms with E-state index in [-0.39, 0.29) is 6.61 Å². The summed E-state index contributed by atoms with van der Waals surface area (Å²) in [5.74, 6) is 0.393. The summed E-state index contributed by atoms with van der Waals surface area (Å²) in [6.45, 7) is 6.45. The van der Waals surface area contributed by atoms with Crippen LogP contribution in [0.3, 0.4) is 0 Å². The van der Waals surface area contributed by atoms with Crippen molar-refractivity contribution < 1.29 is 19.4 Å². The zero-order valence-corrected chi connectivity index (χ0v) is 16.5. The highest BCUT2D eigenvalue weighted by Gasteiger charge is 2.13. The van der Waals surface area contributed by atoms with Crippen molar-refractivity contribution in [2.45, 2.75) is 34.0 Å².